The zero-order chi connectivity index (χ0) is 48.9. The molecule has 0 radical (unpaired) electrons. The van der Waals surface area contributed by atoms with E-state index in [1.165, 1.54) is 6.07 Å². The third-order valence-electron chi connectivity index (χ3n) is 12.2. The number of hydrogen-bond acceptors (Lipinski definition) is 12. The predicted octanol–water partition coefficient (Wildman–Crippen LogP) is 10.2. The van der Waals surface area contributed by atoms with Crippen LogP contribution in [0.4, 0.5) is 38.1 Å². The number of likely N-dealkylation sites (tertiary alicyclic amines) is 2. The highest BCUT2D eigenvalue weighted by Gasteiger charge is 2.37. The smallest absolute Gasteiger partial charge is 0.368 e. The van der Waals surface area contributed by atoms with Crippen molar-refractivity contribution in [3.8, 4) is 22.8 Å². The summed E-state index contributed by atoms with van der Waals surface area (Å²) in [5, 5.41) is 13.9. The van der Waals surface area contributed by atoms with E-state index in [0.717, 1.165) is 67.2 Å². The van der Waals surface area contributed by atoms with E-state index in [9.17, 15) is 35.9 Å². The van der Waals surface area contributed by atoms with Crippen molar-refractivity contribution >= 4 is 23.6 Å². The number of amides is 2. The number of nitrogens with one attached hydrogen (secondary N) is 2. The van der Waals surface area contributed by atoms with Crippen LogP contribution in [0.2, 0.25) is 0 Å². The molecule has 6 heterocycles. The summed E-state index contributed by atoms with van der Waals surface area (Å²) in [5.74, 6) is 1.81. The molecule has 2 fully saturated rings. The van der Waals surface area contributed by atoms with Crippen molar-refractivity contribution in [1.29, 1.82) is 0 Å². The summed E-state index contributed by atoms with van der Waals surface area (Å²) < 4.78 is 87.5. The highest BCUT2D eigenvalue weighted by Crippen LogP contribution is 2.34. The fourth-order valence-corrected chi connectivity index (χ4v) is 8.54. The maximum Gasteiger partial charge on any atom is 0.419 e. The maximum atomic E-state index is 13.8. The van der Waals surface area contributed by atoms with Gasteiger partial charge >= 0.3 is 12.4 Å². The number of pyridine rings is 1. The molecule has 4 aromatic heterocycles. The van der Waals surface area contributed by atoms with Crippen LogP contribution in [-0.4, -0.2) is 90.1 Å². The van der Waals surface area contributed by atoms with Crippen LogP contribution in [-0.2, 0) is 12.4 Å². The van der Waals surface area contributed by atoms with Gasteiger partial charge < -0.3 is 29.5 Å². The van der Waals surface area contributed by atoms with Gasteiger partial charge in [-0.2, -0.15) is 31.3 Å². The first-order chi connectivity index (χ1) is 32.3. The molecule has 6 aromatic rings. The first kappa shape index (κ1) is 49.1. The number of alkyl halides is 6. The van der Waals surface area contributed by atoms with E-state index in [0.29, 0.717) is 65.8 Å². The molecule has 20 heteroatoms. The Labute approximate surface area is 388 Å². The number of benzene rings is 2. The minimum atomic E-state index is -4.50. The van der Waals surface area contributed by atoms with Crippen LogP contribution >= 0.6 is 0 Å². The summed E-state index contributed by atoms with van der Waals surface area (Å²) in [6.45, 7) is 13.3. The monoisotopic (exact) mass is 946 g/mol. The quantitative estimate of drug-likeness (QED) is 0.125. The molecule has 4 atom stereocenters. The van der Waals surface area contributed by atoms with Crippen molar-refractivity contribution in [3.63, 3.8) is 0 Å². The first-order valence-corrected chi connectivity index (χ1v) is 22.2. The molecule has 4 unspecified atom stereocenters. The molecule has 2 saturated heterocycles. The van der Waals surface area contributed by atoms with Gasteiger partial charge in [-0.1, -0.05) is 53.5 Å². The second-order valence-corrected chi connectivity index (χ2v) is 17.4. The average molecular weight is 947 g/mol. The van der Waals surface area contributed by atoms with Gasteiger partial charge in [-0.15, -0.1) is 0 Å². The van der Waals surface area contributed by atoms with E-state index in [4.69, 9.17) is 9.05 Å². The number of carbonyl (C=O) groups excluding carboxylic acids is 2. The van der Waals surface area contributed by atoms with E-state index in [-0.39, 0.29) is 47.6 Å². The van der Waals surface area contributed by atoms with Gasteiger partial charge in [0, 0.05) is 56.4 Å². The third kappa shape index (κ3) is 11.6. The third-order valence-corrected chi connectivity index (χ3v) is 12.2. The molecule has 8 rings (SSSR count). The average Bonchev–Trinajstić information content (AvgIpc) is 3.95. The summed E-state index contributed by atoms with van der Waals surface area (Å²) in [5.41, 5.74) is 3.15. The molecule has 0 aliphatic carbocycles. The Morgan fingerprint density at radius 3 is 1.71 bits per heavy atom. The van der Waals surface area contributed by atoms with Crippen molar-refractivity contribution in [2.24, 2.45) is 11.8 Å². The van der Waals surface area contributed by atoms with Gasteiger partial charge in [-0.25, -0.2) is 15.0 Å². The SMILES string of the molecule is Cc1ccc(-c2cc(C)no2)c(C(=O)N2CCCC(C)C2CNc2ccc(C(F)(F)F)cn2)c1.Cc1ccc(-c2nc(C)no2)c(C(=O)N2CCCC(C)C2CNc2ncc(C(F)(F)F)cn2)c1. The second-order valence-electron chi connectivity index (χ2n) is 17.4. The summed E-state index contributed by atoms with van der Waals surface area (Å²) >= 11 is 0. The summed E-state index contributed by atoms with van der Waals surface area (Å²) in [4.78, 5) is 46.9. The summed E-state index contributed by atoms with van der Waals surface area (Å²) in [6.07, 6.45) is -3.02. The fourth-order valence-electron chi connectivity index (χ4n) is 8.54. The number of rotatable bonds is 10. The van der Waals surface area contributed by atoms with Crippen LogP contribution in [0, 0.1) is 39.5 Å². The van der Waals surface area contributed by atoms with E-state index < -0.39 is 23.5 Å². The minimum Gasteiger partial charge on any atom is -0.368 e. The molecule has 14 nitrogen and oxygen atoms in total. The van der Waals surface area contributed by atoms with Crippen LogP contribution in [0.1, 0.15) is 94.0 Å². The number of carbonyl (C=O) groups is 2. The topological polar surface area (TPSA) is 168 Å². The largest absolute Gasteiger partial charge is 0.419 e. The zero-order valence-corrected chi connectivity index (χ0v) is 38.4. The van der Waals surface area contributed by atoms with Crippen LogP contribution < -0.4 is 10.6 Å². The van der Waals surface area contributed by atoms with Crippen LogP contribution in [0.3, 0.4) is 0 Å². The number of piperidine rings is 2. The predicted molar refractivity (Wildman–Crippen MR) is 240 cm³/mol. The minimum absolute atomic E-state index is 0.0794. The molecule has 2 aliphatic rings. The number of anilines is 2. The fraction of sp³-hybridized carbons (Fsp3) is 0.417. The van der Waals surface area contributed by atoms with Crippen molar-refractivity contribution in [2.75, 3.05) is 36.8 Å². The molecule has 360 valence electrons. The molecule has 2 aliphatic heterocycles. The summed E-state index contributed by atoms with van der Waals surface area (Å²) in [6, 6.07) is 14.9. The Balaban J connectivity index is 0.000000201. The van der Waals surface area contributed by atoms with Crippen LogP contribution in [0.5, 0.6) is 0 Å². The molecule has 68 heavy (non-hydrogen) atoms. The normalized spacial score (nSPS) is 18.7. The van der Waals surface area contributed by atoms with Crippen molar-refractivity contribution in [3.05, 3.63) is 118 Å². The van der Waals surface area contributed by atoms with Crippen LogP contribution in [0.15, 0.2) is 82.2 Å². The highest BCUT2D eigenvalue weighted by molar-refractivity contribution is 6.01. The Kier molecular flexibility index (Phi) is 14.8. The molecule has 0 saturated carbocycles. The molecular weight excluding hydrogens is 895 g/mol. The lowest BCUT2D eigenvalue weighted by Crippen LogP contribution is -2.51. The Hall–Kier alpha value is -6.86. The molecular formula is C48H52F6N10O4. The van der Waals surface area contributed by atoms with Crippen LogP contribution in [0.25, 0.3) is 22.8 Å². The van der Waals surface area contributed by atoms with Gasteiger partial charge in [0.15, 0.2) is 11.6 Å². The number of halogens is 6. The first-order valence-electron chi connectivity index (χ1n) is 22.2. The van der Waals surface area contributed by atoms with Crippen molar-refractivity contribution < 1.29 is 45.0 Å². The lowest BCUT2D eigenvalue weighted by atomic mass is 9.89. The lowest BCUT2D eigenvalue weighted by molar-refractivity contribution is -0.138. The molecule has 2 amide bonds. The second kappa shape index (κ2) is 20.6. The number of aryl methyl sites for hydroxylation is 4. The Bertz CT molecular complexity index is 2500. The Morgan fingerprint density at radius 1 is 0.662 bits per heavy atom. The number of aromatic nitrogens is 6. The zero-order valence-electron chi connectivity index (χ0n) is 38.4. The highest BCUT2D eigenvalue weighted by atomic mass is 19.4. The van der Waals surface area contributed by atoms with Gasteiger partial charge in [0.05, 0.1) is 45.6 Å². The van der Waals surface area contributed by atoms with E-state index in [1.807, 2.05) is 49.9 Å². The molecule has 0 bridgehead atoms. The molecule has 0 spiro atoms. The van der Waals surface area contributed by atoms with Gasteiger partial charge in [-0.3, -0.25) is 9.59 Å². The molecule has 2 aromatic carbocycles. The Morgan fingerprint density at radius 2 is 1.21 bits per heavy atom. The standard InChI is InChI=1S/C25H27F3N4O2.C23H25F3N6O2/c1-15-6-8-19(22-12-17(3)31-34-22)20(11-15)24(33)32-10-4-5-16(2)21(32)14-30-23-9-7-18(13-29-23)25(26,27)28;1-13-6-7-17(20-30-15(3)31-34-20)18(9-13)21(33)32-8-4-5-14(2)19(32)12-29-22-27-10-16(11-28-22)23(24,25)26/h6-9,11-13,16,21H,4-5,10,14H2,1-3H3,(H,29,30);6-7,9-11,14,19H,4-5,8,12H2,1-3H3,(H,27,28,29). The van der Waals surface area contributed by atoms with E-state index in [1.54, 1.807) is 30.0 Å². The van der Waals surface area contributed by atoms with Gasteiger partial charge in [0.25, 0.3) is 17.7 Å². The number of nitrogens with zero attached hydrogens (tertiary/aromatic N) is 8. The summed E-state index contributed by atoms with van der Waals surface area (Å²) in [7, 11) is 0. The van der Waals surface area contributed by atoms with E-state index in [2.05, 4.69) is 54.7 Å². The maximum absolute atomic E-state index is 13.8. The molecule has 2 N–H and O–H groups in total. The van der Waals surface area contributed by atoms with Gasteiger partial charge in [-0.05, 0) is 95.5 Å². The van der Waals surface area contributed by atoms with Gasteiger partial charge in [0.1, 0.15) is 5.82 Å². The van der Waals surface area contributed by atoms with E-state index >= 15 is 0 Å². The van der Waals surface area contributed by atoms with Crippen molar-refractivity contribution in [2.45, 2.75) is 91.7 Å². The van der Waals surface area contributed by atoms with Crippen molar-refractivity contribution in [1.82, 2.24) is 40.0 Å². The number of hydrogen-bond donors (Lipinski definition) is 2. The van der Waals surface area contributed by atoms with Gasteiger partial charge in [0.2, 0.25) is 5.95 Å². The lowest BCUT2D eigenvalue weighted by Gasteiger charge is -2.40.